The number of ether oxygens (including phenoxy) is 2. The molecule has 3 aromatic rings. The fourth-order valence-electron chi connectivity index (χ4n) is 3.99. The zero-order valence-corrected chi connectivity index (χ0v) is 16.7. The van der Waals surface area contributed by atoms with Gasteiger partial charge >= 0.3 is 0 Å². The first-order valence-corrected chi connectivity index (χ1v) is 10.0. The predicted octanol–water partition coefficient (Wildman–Crippen LogP) is 3.47. The van der Waals surface area contributed by atoms with Gasteiger partial charge in [-0.25, -0.2) is 9.97 Å². The second-order valence-electron chi connectivity index (χ2n) is 7.26. The highest BCUT2D eigenvalue weighted by Gasteiger charge is 2.28. The van der Waals surface area contributed by atoms with E-state index in [2.05, 4.69) is 38.7 Å². The lowest BCUT2D eigenvalue weighted by Crippen LogP contribution is -2.21. The Kier molecular flexibility index (Phi) is 5.88. The van der Waals surface area contributed by atoms with Gasteiger partial charge in [-0.15, -0.1) is 0 Å². The zero-order chi connectivity index (χ0) is 19.3. The van der Waals surface area contributed by atoms with E-state index < -0.39 is 0 Å². The van der Waals surface area contributed by atoms with Crippen LogP contribution in [-0.4, -0.2) is 52.8 Å². The van der Waals surface area contributed by atoms with E-state index in [0.29, 0.717) is 19.1 Å². The van der Waals surface area contributed by atoms with E-state index in [1.807, 2.05) is 25.3 Å². The average Bonchev–Trinajstić information content (AvgIpc) is 3.32. The van der Waals surface area contributed by atoms with E-state index in [-0.39, 0.29) is 0 Å². The molecule has 1 saturated heterocycles. The summed E-state index contributed by atoms with van der Waals surface area (Å²) in [5.41, 5.74) is 3.25. The number of hydrogen-bond acceptors (Lipinski definition) is 5. The Morgan fingerprint density at radius 2 is 2.04 bits per heavy atom. The maximum Gasteiger partial charge on any atom is 0.160 e. The summed E-state index contributed by atoms with van der Waals surface area (Å²) < 4.78 is 13.1. The van der Waals surface area contributed by atoms with Crippen LogP contribution in [-0.2, 0) is 17.8 Å². The number of nitrogens with zero attached hydrogens (tertiary/aromatic N) is 4. The molecule has 1 aliphatic rings. The highest BCUT2D eigenvalue weighted by molar-refractivity contribution is 5.71. The minimum absolute atomic E-state index is 0.425. The largest absolute Gasteiger partial charge is 0.494 e. The van der Waals surface area contributed by atoms with Crippen molar-refractivity contribution in [2.24, 2.45) is 0 Å². The molecule has 148 valence electrons. The molecule has 1 aliphatic heterocycles. The van der Waals surface area contributed by atoms with E-state index in [1.54, 1.807) is 7.11 Å². The van der Waals surface area contributed by atoms with Gasteiger partial charge in [0.15, 0.2) is 5.65 Å². The molecular weight excluding hydrogens is 352 g/mol. The summed E-state index contributed by atoms with van der Waals surface area (Å²) in [4.78, 5) is 12.0. The molecule has 0 N–H and O–H groups in total. The van der Waals surface area contributed by atoms with Gasteiger partial charge in [0.2, 0.25) is 0 Å². The fourth-order valence-corrected chi connectivity index (χ4v) is 3.99. The van der Waals surface area contributed by atoms with Crippen molar-refractivity contribution < 1.29 is 9.47 Å². The summed E-state index contributed by atoms with van der Waals surface area (Å²) in [6.07, 6.45) is 2.96. The molecule has 0 bridgehead atoms. The van der Waals surface area contributed by atoms with E-state index in [1.165, 1.54) is 5.56 Å². The number of rotatable bonds is 8. The summed E-state index contributed by atoms with van der Waals surface area (Å²) in [6, 6.07) is 12.4. The molecule has 1 atom stereocenters. The second-order valence-corrected chi connectivity index (χ2v) is 7.26. The van der Waals surface area contributed by atoms with Gasteiger partial charge in [-0.05, 0) is 49.7 Å². The summed E-state index contributed by atoms with van der Waals surface area (Å²) in [5.74, 6) is 2.50. The van der Waals surface area contributed by atoms with Crippen LogP contribution in [0.1, 0.15) is 30.7 Å². The lowest BCUT2D eigenvalue weighted by Gasteiger charge is -2.17. The van der Waals surface area contributed by atoms with Crippen LogP contribution in [0.5, 0.6) is 5.75 Å². The third kappa shape index (κ3) is 4.03. The monoisotopic (exact) mass is 380 g/mol. The molecule has 1 fully saturated rings. The topological polar surface area (TPSA) is 52.4 Å². The second kappa shape index (κ2) is 8.71. The first-order chi connectivity index (χ1) is 13.8. The highest BCUT2D eigenvalue weighted by atomic mass is 16.5. The summed E-state index contributed by atoms with van der Waals surface area (Å²) in [7, 11) is 1.74. The molecule has 0 amide bonds. The molecule has 28 heavy (non-hydrogen) atoms. The Hall–Kier alpha value is -2.44. The number of aromatic nitrogens is 3. The van der Waals surface area contributed by atoms with Crippen LogP contribution in [0.25, 0.3) is 11.2 Å². The SMILES string of the molecule is CCOc1ccc(CN2CCC(c3nc4cccnc4n3CCOC)C2)cc1. The molecule has 4 rings (SSSR count). The first kappa shape index (κ1) is 18.9. The minimum atomic E-state index is 0.425. The smallest absolute Gasteiger partial charge is 0.160 e. The molecule has 2 aromatic heterocycles. The molecule has 3 heterocycles. The van der Waals surface area contributed by atoms with Gasteiger partial charge in [0, 0.05) is 38.9 Å². The molecule has 0 saturated carbocycles. The number of fused-ring (bicyclic) bond motifs is 1. The van der Waals surface area contributed by atoms with Crippen molar-refractivity contribution in [3.8, 4) is 5.75 Å². The van der Waals surface area contributed by atoms with Crippen molar-refractivity contribution in [1.29, 1.82) is 0 Å². The predicted molar refractivity (Wildman–Crippen MR) is 110 cm³/mol. The van der Waals surface area contributed by atoms with Crippen LogP contribution >= 0.6 is 0 Å². The van der Waals surface area contributed by atoms with Crippen LogP contribution in [0.3, 0.4) is 0 Å². The number of benzene rings is 1. The molecule has 6 heteroatoms. The van der Waals surface area contributed by atoms with Crippen LogP contribution in [0.2, 0.25) is 0 Å². The van der Waals surface area contributed by atoms with E-state index in [4.69, 9.17) is 14.5 Å². The first-order valence-electron chi connectivity index (χ1n) is 10.0. The van der Waals surface area contributed by atoms with Gasteiger partial charge in [-0.2, -0.15) is 0 Å². The van der Waals surface area contributed by atoms with Crippen molar-refractivity contribution in [3.05, 3.63) is 54.0 Å². The van der Waals surface area contributed by atoms with Gasteiger partial charge in [0.25, 0.3) is 0 Å². The number of methoxy groups -OCH3 is 1. The standard InChI is InChI=1S/C22H28N4O2/c1-3-28-19-8-6-17(7-9-19)15-25-12-10-18(16-25)21-24-20-5-4-11-23-22(20)26(21)13-14-27-2/h4-9,11,18H,3,10,12-16H2,1-2H3. The van der Waals surface area contributed by atoms with E-state index in [0.717, 1.165) is 55.3 Å². The molecular formula is C22H28N4O2. The van der Waals surface area contributed by atoms with Crippen molar-refractivity contribution in [1.82, 2.24) is 19.4 Å². The number of pyridine rings is 1. The van der Waals surface area contributed by atoms with Crippen molar-refractivity contribution in [2.75, 3.05) is 33.4 Å². The van der Waals surface area contributed by atoms with Crippen LogP contribution < -0.4 is 4.74 Å². The van der Waals surface area contributed by atoms with Crippen molar-refractivity contribution in [2.45, 2.75) is 32.4 Å². The molecule has 6 nitrogen and oxygen atoms in total. The zero-order valence-electron chi connectivity index (χ0n) is 16.7. The molecule has 1 unspecified atom stereocenters. The maximum atomic E-state index is 5.54. The Balaban J connectivity index is 1.47. The van der Waals surface area contributed by atoms with E-state index >= 15 is 0 Å². The van der Waals surface area contributed by atoms with E-state index in [9.17, 15) is 0 Å². The average molecular weight is 380 g/mol. The van der Waals surface area contributed by atoms with Crippen LogP contribution in [0, 0.1) is 0 Å². The quantitative estimate of drug-likeness (QED) is 0.599. The molecule has 0 radical (unpaired) electrons. The Morgan fingerprint density at radius 1 is 1.18 bits per heavy atom. The Bertz CT molecular complexity index is 907. The third-order valence-electron chi connectivity index (χ3n) is 5.33. The summed E-state index contributed by atoms with van der Waals surface area (Å²) >= 11 is 0. The number of hydrogen-bond donors (Lipinski definition) is 0. The third-order valence-corrected chi connectivity index (χ3v) is 5.33. The van der Waals surface area contributed by atoms with Gasteiger partial charge in [-0.1, -0.05) is 12.1 Å². The number of imidazole rings is 1. The van der Waals surface area contributed by atoms with Crippen molar-refractivity contribution >= 4 is 11.2 Å². The van der Waals surface area contributed by atoms with Gasteiger partial charge in [-0.3, -0.25) is 4.90 Å². The number of likely N-dealkylation sites (tertiary alicyclic amines) is 1. The van der Waals surface area contributed by atoms with Gasteiger partial charge in [0.1, 0.15) is 17.1 Å². The van der Waals surface area contributed by atoms with Crippen LogP contribution in [0.15, 0.2) is 42.6 Å². The van der Waals surface area contributed by atoms with Crippen molar-refractivity contribution in [3.63, 3.8) is 0 Å². The summed E-state index contributed by atoms with van der Waals surface area (Å²) in [5, 5.41) is 0. The highest BCUT2D eigenvalue weighted by Crippen LogP contribution is 2.30. The normalized spacial score (nSPS) is 17.4. The lowest BCUT2D eigenvalue weighted by atomic mass is 10.1. The molecule has 1 aromatic carbocycles. The maximum absolute atomic E-state index is 5.54. The fraction of sp³-hybridized carbons (Fsp3) is 0.455. The Labute approximate surface area is 166 Å². The Morgan fingerprint density at radius 3 is 2.82 bits per heavy atom. The molecule has 0 spiro atoms. The minimum Gasteiger partial charge on any atom is -0.494 e. The summed E-state index contributed by atoms with van der Waals surface area (Å²) in [6.45, 7) is 7.22. The van der Waals surface area contributed by atoms with Crippen LogP contribution in [0.4, 0.5) is 0 Å². The lowest BCUT2D eigenvalue weighted by molar-refractivity contribution is 0.186. The van der Waals surface area contributed by atoms with Gasteiger partial charge in [0.05, 0.1) is 13.2 Å². The molecule has 0 aliphatic carbocycles. The van der Waals surface area contributed by atoms with Gasteiger partial charge < -0.3 is 14.0 Å².